The molecule has 0 radical (unpaired) electrons. The van der Waals surface area contributed by atoms with E-state index in [9.17, 15) is 0 Å². The van der Waals surface area contributed by atoms with Crippen molar-refractivity contribution in [2.24, 2.45) is 0 Å². The minimum atomic E-state index is 1.17. The molecular formula is C60H36N2. The summed E-state index contributed by atoms with van der Waals surface area (Å²) >= 11 is 0. The van der Waals surface area contributed by atoms with Gasteiger partial charge in [-0.15, -0.1) is 0 Å². The van der Waals surface area contributed by atoms with E-state index in [1.54, 1.807) is 0 Å². The van der Waals surface area contributed by atoms with E-state index in [1.807, 2.05) is 0 Å². The van der Waals surface area contributed by atoms with Crippen LogP contribution < -0.4 is 0 Å². The molecule has 2 nitrogen and oxygen atoms in total. The van der Waals surface area contributed by atoms with E-state index in [-0.39, 0.29) is 0 Å². The smallest absolute Gasteiger partial charge is 0.0547 e. The molecule has 2 heterocycles. The molecule has 0 aliphatic heterocycles. The number of hydrogen-bond donors (Lipinski definition) is 0. The number of hydrogen-bond acceptors (Lipinski definition) is 0. The summed E-state index contributed by atoms with van der Waals surface area (Å²) in [5.41, 5.74) is 12.1. The zero-order valence-corrected chi connectivity index (χ0v) is 33.7. The van der Waals surface area contributed by atoms with Crippen molar-refractivity contribution < 1.29 is 0 Å². The first kappa shape index (κ1) is 33.6. The molecule has 0 fully saturated rings. The molecule has 0 saturated heterocycles. The number of fused-ring (bicyclic) bond motifs is 10. The standard InChI is InChI=1S/C60H36N2/c1-3-13-47(14-4-1)61-53-29-25-37-11-7-9-17-49(37)59(53)51-27-23-39(35-55(51)61)45-31-41-19-21-43-33-46(34-44-22-20-42(32-45)57(41)58(43)44)40-24-28-52-56(36-40)62(48-15-5-2-6-16-48)54-30-26-38-12-8-10-18-50(38)60(52)54/h1-36H. The highest BCUT2D eigenvalue weighted by Gasteiger charge is 2.19. The highest BCUT2D eigenvalue weighted by molar-refractivity contribution is 6.26. The Morgan fingerprint density at radius 2 is 0.581 bits per heavy atom. The lowest BCUT2D eigenvalue weighted by atomic mass is 9.89. The normalized spacial score (nSPS) is 12.2. The zero-order chi connectivity index (χ0) is 40.5. The van der Waals surface area contributed by atoms with Crippen LogP contribution in [0.4, 0.5) is 0 Å². The minimum absolute atomic E-state index is 1.17. The first-order valence-electron chi connectivity index (χ1n) is 21.5. The van der Waals surface area contributed by atoms with E-state index < -0.39 is 0 Å². The summed E-state index contributed by atoms with van der Waals surface area (Å²) in [6, 6.07) is 81.1. The van der Waals surface area contributed by atoms with Gasteiger partial charge in [-0.1, -0.05) is 146 Å². The molecule has 286 valence electrons. The summed E-state index contributed by atoms with van der Waals surface area (Å²) in [5.74, 6) is 0. The van der Waals surface area contributed by atoms with Gasteiger partial charge in [-0.05, 0) is 149 Å². The minimum Gasteiger partial charge on any atom is -0.309 e. The second-order valence-electron chi connectivity index (χ2n) is 16.9. The fraction of sp³-hybridized carbons (Fsp3) is 0. The predicted octanol–water partition coefficient (Wildman–Crippen LogP) is 16.4. The number of rotatable bonds is 4. The van der Waals surface area contributed by atoms with Crippen LogP contribution in [0.5, 0.6) is 0 Å². The summed E-state index contributed by atoms with van der Waals surface area (Å²) in [4.78, 5) is 0. The molecule has 0 aliphatic carbocycles. The molecule has 14 rings (SSSR count). The van der Waals surface area contributed by atoms with Crippen molar-refractivity contribution in [3.8, 4) is 33.6 Å². The first-order chi connectivity index (χ1) is 30.7. The van der Waals surface area contributed by atoms with Crippen LogP contribution in [-0.2, 0) is 0 Å². The maximum Gasteiger partial charge on any atom is 0.0547 e. The summed E-state index contributed by atoms with van der Waals surface area (Å²) in [6.45, 7) is 0. The van der Waals surface area contributed by atoms with Gasteiger partial charge in [0.1, 0.15) is 0 Å². The van der Waals surface area contributed by atoms with Crippen molar-refractivity contribution in [3.05, 3.63) is 218 Å². The maximum atomic E-state index is 2.43. The van der Waals surface area contributed by atoms with Crippen molar-refractivity contribution in [2.45, 2.75) is 0 Å². The van der Waals surface area contributed by atoms with Crippen LogP contribution in [0, 0.1) is 0 Å². The van der Waals surface area contributed by atoms with E-state index in [1.165, 1.54) is 131 Å². The fourth-order valence-corrected chi connectivity index (χ4v) is 10.8. The van der Waals surface area contributed by atoms with Crippen LogP contribution in [0.2, 0.25) is 0 Å². The molecule has 62 heavy (non-hydrogen) atoms. The third-order valence-electron chi connectivity index (χ3n) is 13.5. The van der Waals surface area contributed by atoms with E-state index in [0.717, 1.165) is 0 Å². The SMILES string of the molecule is c1ccc(-n2c3cc(-c4cc5ccc6cc(-c7ccc8c9c%10ccccc%10ccc9n(-c9ccccc9)c8c7)cc7ccc(c4)c5c67)ccc3c3c4ccccc4ccc32)cc1. The van der Waals surface area contributed by atoms with E-state index in [4.69, 9.17) is 0 Å². The Morgan fingerprint density at radius 3 is 1.00 bits per heavy atom. The molecule has 2 heteroatoms. The number of benzene rings is 12. The summed E-state index contributed by atoms with van der Waals surface area (Å²) in [6.07, 6.45) is 0. The van der Waals surface area contributed by atoms with Gasteiger partial charge < -0.3 is 9.13 Å². The van der Waals surface area contributed by atoms with E-state index >= 15 is 0 Å². The molecule has 0 N–H and O–H groups in total. The summed E-state index contributed by atoms with van der Waals surface area (Å²) in [5, 5.41) is 17.9. The average Bonchev–Trinajstić information content (AvgIpc) is 3.86. The Kier molecular flexibility index (Phi) is 6.86. The van der Waals surface area contributed by atoms with Gasteiger partial charge in [-0.2, -0.15) is 0 Å². The molecule has 0 spiro atoms. The topological polar surface area (TPSA) is 9.86 Å². The lowest BCUT2D eigenvalue weighted by molar-refractivity contribution is 1.18. The first-order valence-corrected chi connectivity index (χ1v) is 21.5. The Labute approximate surface area is 357 Å². The fourth-order valence-electron chi connectivity index (χ4n) is 10.8. The van der Waals surface area contributed by atoms with Gasteiger partial charge >= 0.3 is 0 Å². The monoisotopic (exact) mass is 784 g/mol. The molecule has 0 unspecified atom stereocenters. The lowest BCUT2D eigenvalue weighted by Crippen LogP contribution is -1.93. The van der Waals surface area contributed by atoms with Crippen molar-refractivity contribution in [1.29, 1.82) is 0 Å². The Hall–Kier alpha value is -8.20. The van der Waals surface area contributed by atoms with Crippen LogP contribution in [-0.4, -0.2) is 9.13 Å². The van der Waals surface area contributed by atoms with Crippen LogP contribution in [0.1, 0.15) is 0 Å². The van der Waals surface area contributed by atoms with Crippen molar-refractivity contribution in [3.63, 3.8) is 0 Å². The highest BCUT2D eigenvalue weighted by atomic mass is 15.0. The molecule has 0 amide bonds. The van der Waals surface area contributed by atoms with Crippen LogP contribution >= 0.6 is 0 Å². The second kappa shape index (κ2) is 12.7. The largest absolute Gasteiger partial charge is 0.309 e. The van der Waals surface area contributed by atoms with Crippen molar-refractivity contribution >= 4 is 97.5 Å². The zero-order valence-electron chi connectivity index (χ0n) is 33.7. The van der Waals surface area contributed by atoms with Crippen molar-refractivity contribution in [1.82, 2.24) is 9.13 Å². The molecule has 12 aromatic carbocycles. The van der Waals surface area contributed by atoms with Gasteiger partial charge in [-0.25, -0.2) is 0 Å². The number of nitrogens with zero attached hydrogens (tertiary/aromatic N) is 2. The van der Waals surface area contributed by atoms with Crippen molar-refractivity contribution in [2.75, 3.05) is 0 Å². The van der Waals surface area contributed by atoms with Crippen LogP contribution in [0.3, 0.4) is 0 Å². The van der Waals surface area contributed by atoms with Gasteiger partial charge in [0.2, 0.25) is 0 Å². The maximum absolute atomic E-state index is 2.43. The average molecular weight is 785 g/mol. The summed E-state index contributed by atoms with van der Waals surface area (Å²) in [7, 11) is 0. The molecule has 0 aliphatic rings. The third kappa shape index (κ3) is 4.75. The Balaban J connectivity index is 0.926. The predicted molar refractivity (Wildman–Crippen MR) is 265 cm³/mol. The van der Waals surface area contributed by atoms with Crippen LogP contribution in [0.25, 0.3) is 131 Å². The van der Waals surface area contributed by atoms with Gasteiger partial charge in [0.15, 0.2) is 0 Å². The highest BCUT2D eigenvalue weighted by Crippen LogP contribution is 2.44. The molecule has 0 atom stereocenters. The quantitative estimate of drug-likeness (QED) is 0.157. The van der Waals surface area contributed by atoms with Crippen LogP contribution in [0.15, 0.2) is 218 Å². The molecule has 0 bridgehead atoms. The number of aromatic nitrogens is 2. The lowest BCUT2D eigenvalue weighted by Gasteiger charge is -2.15. The van der Waals surface area contributed by atoms with E-state index in [2.05, 4.69) is 228 Å². The van der Waals surface area contributed by atoms with Gasteiger partial charge in [0.25, 0.3) is 0 Å². The summed E-state index contributed by atoms with van der Waals surface area (Å²) < 4.78 is 4.87. The molecule has 14 aromatic rings. The second-order valence-corrected chi connectivity index (χ2v) is 16.9. The Bertz CT molecular complexity index is 3800. The third-order valence-corrected chi connectivity index (χ3v) is 13.5. The van der Waals surface area contributed by atoms with Gasteiger partial charge in [-0.3, -0.25) is 0 Å². The van der Waals surface area contributed by atoms with Gasteiger partial charge in [0, 0.05) is 32.9 Å². The Morgan fingerprint density at radius 1 is 0.210 bits per heavy atom. The molecule has 2 aromatic heterocycles. The van der Waals surface area contributed by atoms with Gasteiger partial charge in [0.05, 0.1) is 22.1 Å². The molecular weight excluding hydrogens is 749 g/mol. The van der Waals surface area contributed by atoms with E-state index in [0.29, 0.717) is 0 Å². The molecule has 0 saturated carbocycles. The number of para-hydroxylation sites is 2.